The molecule has 0 saturated carbocycles. The van der Waals surface area contributed by atoms with E-state index in [1.165, 1.54) is 4.90 Å². The van der Waals surface area contributed by atoms with Crippen LogP contribution in [0.15, 0.2) is 0 Å². The van der Waals surface area contributed by atoms with E-state index in [9.17, 15) is 14.4 Å². The highest BCUT2D eigenvalue weighted by Crippen LogP contribution is 2.19. The summed E-state index contributed by atoms with van der Waals surface area (Å²) < 4.78 is 0. The molecule has 0 bridgehead atoms. The van der Waals surface area contributed by atoms with Crippen LogP contribution < -0.4 is 11.3 Å². The third-order valence-electron chi connectivity index (χ3n) is 2.92. The van der Waals surface area contributed by atoms with Gasteiger partial charge < -0.3 is 0 Å². The van der Waals surface area contributed by atoms with E-state index in [2.05, 4.69) is 5.43 Å². The number of unbranched alkanes of at least 4 members (excludes halogenated alkanes) is 2. The average Bonchev–Trinajstić information content (AvgIpc) is 2.54. The summed E-state index contributed by atoms with van der Waals surface area (Å²) in [5.41, 5.74) is 2.06. The number of hydrazine groups is 1. The lowest BCUT2D eigenvalue weighted by atomic mass is 10.1. The van der Waals surface area contributed by atoms with Gasteiger partial charge in [-0.25, -0.2) is 5.84 Å². The second kappa shape index (κ2) is 6.34. The van der Waals surface area contributed by atoms with E-state index in [1.807, 2.05) is 0 Å². The Morgan fingerprint density at radius 3 is 2.65 bits per heavy atom. The summed E-state index contributed by atoms with van der Waals surface area (Å²) in [6.45, 7) is 2.23. The smallest absolute Gasteiger partial charge is 0.233 e. The van der Waals surface area contributed by atoms with Gasteiger partial charge in [0.05, 0.1) is 0 Å². The first-order chi connectivity index (χ1) is 8.06. The van der Waals surface area contributed by atoms with Gasteiger partial charge in [-0.3, -0.25) is 24.7 Å². The predicted octanol–water partition coefficient (Wildman–Crippen LogP) is -0.0683. The maximum Gasteiger partial charge on any atom is 0.233 e. The molecule has 0 aromatic heterocycles. The van der Waals surface area contributed by atoms with Gasteiger partial charge in [-0.1, -0.05) is 13.3 Å². The number of nitrogens with two attached hydrogens (primary N) is 1. The molecule has 1 atom stereocenters. The number of carbonyl (C=O) groups excluding carboxylic acids is 3. The number of amides is 3. The van der Waals surface area contributed by atoms with Crippen LogP contribution in [0.1, 0.15) is 39.0 Å². The van der Waals surface area contributed by atoms with E-state index >= 15 is 0 Å². The molecule has 1 fully saturated rings. The Kier molecular flexibility index (Phi) is 5.09. The van der Waals surface area contributed by atoms with Gasteiger partial charge in [-0.15, -0.1) is 0 Å². The molecule has 6 heteroatoms. The van der Waals surface area contributed by atoms with E-state index in [0.29, 0.717) is 19.4 Å². The normalized spacial score (nSPS) is 19.9. The van der Waals surface area contributed by atoms with Gasteiger partial charge in [0.15, 0.2) is 0 Å². The van der Waals surface area contributed by atoms with Crippen molar-refractivity contribution in [2.45, 2.75) is 39.0 Å². The quantitative estimate of drug-likeness (QED) is 0.224. The van der Waals surface area contributed by atoms with E-state index < -0.39 is 0 Å². The first-order valence-corrected chi connectivity index (χ1v) is 5.90. The topological polar surface area (TPSA) is 92.5 Å². The molecule has 0 aromatic rings. The minimum Gasteiger partial charge on any atom is -0.294 e. The van der Waals surface area contributed by atoms with Crippen LogP contribution in [-0.4, -0.2) is 29.2 Å². The largest absolute Gasteiger partial charge is 0.294 e. The fourth-order valence-corrected chi connectivity index (χ4v) is 1.89. The molecule has 0 aliphatic carbocycles. The van der Waals surface area contributed by atoms with Gasteiger partial charge in [-0.2, -0.15) is 0 Å². The molecule has 96 valence electrons. The fourth-order valence-electron chi connectivity index (χ4n) is 1.89. The molecule has 3 N–H and O–H groups in total. The highest BCUT2D eigenvalue weighted by atomic mass is 16.2. The summed E-state index contributed by atoms with van der Waals surface area (Å²) in [5.74, 6) is 4.42. The predicted molar refractivity (Wildman–Crippen MR) is 61.3 cm³/mol. The highest BCUT2D eigenvalue weighted by molar-refractivity contribution is 6.03. The molecule has 0 radical (unpaired) electrons. The number of nitrogens with one attached hydrogen (secondary N) is 1. The van der Waals surface area contributed by atoms with Crippen molar-refractivity contribution in [1.29, 1.82) is 0 Å². The lowest BCUT2D eigenvalue weighted by Crippen LogP contribution is -2.31. The molecule has 1 rings (SSSR count). The fraction of sp³-hybridized carbons (Fsp3) is 0.727. The van der Waals surface area contributed by atoms with Crippen LogP contribution >= 0.6 is 0 Å². The number of hydrogen-bond acceptors (Lipinski definition) is 4. The molecule has 1 heterocycles. The number of rotatable bonds is 6. The van der Waals surface area contributed by atoms with Gasteiger partial charge >= 0.3 is 0 Å². The third-order valence-corrected chi connectivity index (χ3v) is 2.92. The number of imide groups is 1. The van der Waals surface area contributed by atoms with Crippen LogP contribution in [0.25, 0.3) is 0 Å². The Balaban J connectivity index is 2.17. The minimum atomic E-state index is -0.188. The first kappa shape index (κ1) is 13.6. The van der Waals surface area contributed by atoms with Crippen LogP contribution in [-0.2, 0) is 14.4 Å². The van der Waals surface area contributed by atoms with E-state index in [-0.39, 0.29) is 23.6 Å². The SMILES string of the molecule is CC1CC(=O)N(CCCCCC(=O)NN)C1=O. The van der Waals surface area contributed by atoms with Gasteiger partial charge in [0.1, 0.15) is 0 Å². The van der Waals surface area contributed by atoms with Gasteiger partial charge in [-0.05, 0) is 12.8 Å². The Hall–Kier alpha value is -1.43. The van der Waals surface area contributed by atoms with Crippen LogP contribution in [0, 0.1) is 5.92 Å². The molecule has 0 aromatic carbocycles. The zero-order valence-electron chi connectivity index (χ0n) is 10.1. The van der Waals surface area contributed by atoms with Crippen molar-refractivity contribution >= 4 is 17.7 Å². The van der Waals surface area contributed by atoms with Crippen molar-refractivity contribution in [2.24, 2.45) is 11.8 Å². The standard InChI is InChI=1S/C11H19N3O3/c1-8-7-10(16)14(11(8)17)6-4-2-3-5-9(15)13-12/h8H,2-7,12H2,1H3,(H,13,15). The lowest BCUT2D eigenvalue weighted by Gasteiger charge is -2.13. The Bertz CT molecular complexity index is 317. The first-order valence-electron chi connectivity index (χ1n) is 5.90. The zero-order valence-corrected chi connectivity index (χ0v) is 10.1. The van der Waals surface area contributed by atoms with Crippen LogP contribution in [0.2, 0.25) is 0 Å². The molecule has 1 aliphatic rings. The van der Waals surface area contributed by atoms with Crippen LogP contribution in [0.3, 0.4) is 0 Å². The Morgan fingerprint density at radius 1 is 1.41 bits per heavy atom. The van der Waals surface area contributed by atoms with Crippen molar-refractivity contribution in [1.82, 2.24) is 10.3 Å². The molecule has 1 unspecified atom stereocenters. The average molecular weight is 241 g/mol. The summed E-state index contributed by atoms with van der Waals surface area (Å²) in [6, 6.07) is 0. The minimum absolute atomic E-state index is 0.0744. The van der Waals surface area contributed by atoms with E-state index in [0.717, 1.165) is 19.3 Å². The third kappa shape index (κ3) is 3.81. The van der Waals surface area contributed by atoms with E-state index in [4.69, 9.17) is 5.84 Å². The summed E-state index contributed by atoms with van der Waals surface area (Å²) in [7, 11) is 0. The van der Waals surface area contributed by atoms with Crippen molar-refractivity contribution in [3.05, 3.63) is 0 Å². The summed E-state index contributed by atoms with van der Waals surface area (Å²) in [4.78, 5) is 35.1. The van der Waals surface area contributed by atoms with Crippen molar-refractivity contribution < 1.29 is 14.4 Å². The number of carbonyl (C=O) groups is 3. The monoisotopic (exact) mass is 241 g/mol. The highest BCUT2D eigenvalue weighted by Gasteiger charge is 2.34. The van der Waals surface area contributed by atoms with Crippen LogP contribution in [0.4, 0.5) is 0 Å². The second-order valence-electron chi connectivity index (χ2n) is 4.37. The number of hydrogen-bond donors (Lipinski definition) is 2. The summed E-state index contributed by atoms with van der Waals surface area (Å²) in [6.07, 6.45) is 2.97. The second-order valence-corrected chi connectivity index (χ2v) is 4.37. The lowest BCUT2D eigenvalue weighted by molar-refractivity contribution is -0.139. The molecule has 6 nitrogen and oxygen atoms in total. The molecule has 3 amide bonds. The molecule has 17 heavy (non-hydrogen) atoms. The maximum absolute atomic E-state index is 11.6. The van der Waals surface area contributed by atoms with Gasteiger partial charge in [0.25, 0.3) is 0 Å². The molecule has 1 aliphatic heterocycles. The van der Waals surface area contributed by atoms with Crippen LogP contribution in [0.5, 0.6) is 0 Å². The molecular formula is C11H19N3O3. The summed E-state index contributed by atoms with van der Waals surface area (Å²) in [5, 5.41) is 0. The molecular weight excluding hydrogens is 222 g/mol. The van der Waals surface area contributed by atoms with Gasteiger partial charge in [0, 0.05) is 25.3 Å². The van der Waals surface area contributed by atoms with Crippen molar-refractivity contribution in [3.8, 4) is 0 Å². The Labute approximate surface area is 100 Å². The summed E-state index contributed by atoms with van der Waals surface area (Å²) >= 11 is 0. The van der Waals surface area contributed by atoms with Gasteiger partial charge in [0.2, 0.25) is 17.7 Å². The number of nitrogens with zero attached hydrogens (tertiary/aromatic N) is 1. The Morgan fingerprint density at radius 2 is 2.12 bits per heavy atom. The zero-order chi connectivity index (χ0) is 12.8. The van der Waals surface area contributed by atoms with Crippen molar-refractivity contribution in [2.75, 3.05) is 6.54 Å². The number of likely N-dealkylation sites (tertiary alicyclic amines) is 1. The van der Waals surface area contributed by atoms with Crippen molar-refractivity contribution in [3.63, 3.8) is 0 Å². The molecule has 0 spiro atoms. The molecule has 1 saturated heterocycles. The maximum atomic E-state index is 11.6. The van der Waals surface area contributed by atoms with E-state index in [1.54, 1.807) is 6.92 Å².